The molecule has 0 aromatic carbocycles. The maximum Gasteiger partial charge on any atom is 0.333 e. The average Bonchev–Trinajstić information content (AvgIpc) is 2.32. The summed E-state index contributed by atoms with van der Waals surface area (Å²) in [4.78, 5) is 15.0. The minimum absolute atomic E-state index is 0.0660. The molecule has 0 amide bonds. The van der Waals surface area contributed by atoms with E-state index in [1.807, 2.05) is 0 Å². The number of esters is 1. The summed E-state index contributed by atoms with van der Waals surface area (Å²) in [5, 5.41) is 0. The number of hydrogen-bond donors (Lipinski definition) is 0. The molecule has 0 radical (unpaired) electrons. The quantitative estimate of drug-likeness (QED) is 0.490. The molecule has 0 aliphatic carbocycles. The fourth-order valence-corrected chi connectivity index (χ4v) is 6.45. The molecule has 3 nitrogen and oxygen atoms in total. The zero-order chi connectivity index (χ0) is 20.2. The van der Waals surface area contributed by atoms with Crippen molar-refractivity contribution in [3.05, 3.63) is 12.2 Å². The molecule has 1 aliphatic heterocycles. The third-order valence-corrected chi connectivity index (χ3v) is 6.84. The van der Waals surface area contributed by atoms with Gasteiger partial charge in [-0.25, -0.2) is 4.79 Å². The Balaban J connectivity index is 3.78. The molecule has 1 atom stereocenters. The van der Waals surface area contributed by atoms with Crippen molar-refractivity contribution >= 4 is 5.97 Å². The van der Waals surface area contributed by atoms with Gasteiger partial charge in [-0.1, -0.05) is 48.1 Å². The van der Waals surface area contributed by atoms with Gasteiger partial charge in [-0.3, -0.25) is 4.90 Å². The summed E-state index contributed by atoms with van der Waals surface area (Å²) >= 11 is 0. The van der Waals surface area contributed by atoms with Crippen LogP contribution in [0, 0.1) is 16.2 Å². The van der Waals surface area contributed by atoms with E-state index >= 15 is 0 Å². The minimum atomic E-state index is -0.279. The molecule has 0 aromatic heterocycles. The lowest BCUT2D eigenvalue weighted by Gasteiger charge is -2.72. The second-order valence-electron chi connectivity index (χ2n) is 11.1. The Kier molecular flexibility index (Phi) is 5.43. The molecule has 1 saturated heterocycles. The van der Waals surface area contributed by atoms with Gasteiger partial charge in [0.2, 0.25) is 0 Å². The highest BCUT2D eigenvalue weighted by atomic mass is 16.5. The number of hydrogen-bond acceptors (Lipinski definition) is 3. The third-order valence-electron chi connectivity index (χ3n) is 6.84. The Bertz CT molecular complexity index is 529. The second-order valence-corrected chi connectivity index (χ2v) is 11.1. The van der Waals surface area contributed by atoms with E-state index in [0.717, 1.165) is 6.42 Å². The van der Waals surface area contributed by atoms with E-state index in [1.54, 1.807) is 6.92 Å². The van der Waals surface area contributed by atoms with Crippen molar-refractivity contribution in [2.24, 2.45) is 16.2 Å². The van der Waals surface area contributed by atoms with Gasteiger partial charge in [-0.05, 0) is 52.5 Å². The monoisotopic (exact) mass is 351 g/mol. The van der Waals surface area contributed by atoms with Gasteiger partial charge < -0.3 is 4.74 Å². The molecule has 1 unspecified atom stereocenters. The standard InChI is InChI=1S/C22H41NO2/c1-15(2)17(24)25-16-14-20(9,10)23(13)21(11,12)22(16,18(3,4)5)19(6,7)8/h16H,1,14H2,2-13H3. The molecule has 1 fully saturated rings. The minimum Gasteiger partial charge on any atom is -0.458 e. The molecule has 0 aromatic rings. The zero-order valence-corrected chi connectivity index (χ0v) is 18.8. The summed E-state index contributed by atoms with van der Waals surface area (Å²) < 4.78 is 6.18. The lowest BCUT2D eigenvalue weighted by atomic mass is 9.41. The molecule has 1 heterocycles. The van der Waals surface area contributed by atoms with E-state index in [1.165, 1.54) is 0 Å². The Labute approximate surface area is 156 Å². The van der Waals surface area contributed by atoms with Crippen LogP contribution in [0.4, 0.5) is 0 Å². The van der Waals surface area contributed by atoms with Crippen LogP contribution in [0.25, 0.3) is 0 Å². The lowest BCUT2D eigenvalue weighted by Crippen LogP contribution is -2.77. The van der Waals surface area contributed by atoms with E-state index in [0.29, 0.717) is 5.57 Å². The van der Waals surface area contributed by atoms with Crippen LogP contribution in [0.5, 0.6) is 0 Å². The molecule has 3 heteroatoms. The molecule has 1 rings (SSSR count). The van der Waals surface area contributed by atoms with E-state index in [-0.39, 0.29) is 39.4 Å². The van der Waals surface area contributed by atoms with E-state index in [2.05, 4.69) is 87.8 Å². The number of ether oxygens (including phenoxy) is 1. The molecule has 146 valence electrons. The smallest absolute Gasteiger partial charge is 0.333 e. The van der Waals surface area contributed by atoms with Gasteiger partial charge in [0.25, 0.3) is 0 Å². The maximum atomic E-state index is 12.5. The molecular weight excluding hydrogens is 310 g/mol. The van der Waals surface area contributed by atoms with Crippen LogP contribution >= 0.6 is 0 Å². The van der Waals surface area contributed by atoms with Crippen LogP contribution in [0.3, 0.4) is 0 Å². The van der Waals surface area contributed by atoms with Crippen LogP contribution in [0.2, 0.25) is 0 Å². The van der Waals surface area contributed by atoms with E-state index in [4.69, 9.17) is 4.74 Å². The Morgan fingerprint density at radius 3 is 1.76 bits per heavy atom. The highest BCUT2D eigenvalue weighted by Gasteiger charge is 2.70. The van der Waals surface area contributed by atoms with E-state index in [9.17, 15) is 4.79 Å². The van der Waals surface area contributed by atoms with Gasteiger partial charge in [0.1, 0.15) is 6.10 Å². The number of carbonyl (C=O) groups is 1. The summed E-state index contributed by atoms with van der Waals surface area (Å²) in [6.45, 7) is 28.3. The zero-order valence-electron chi connectivity index (χ0n) is 18.8. The maximum absolute atomic E-state index is 12.5. The summed E-state index contributed by atoms with van der Waals surface area (Å²) in [6.07, 6.45) is 0.624. The fourth-order valence-electron chi connectivity index (χ4n) is 6.45. The van der Waals surface area contributed by atoms with Crippen molar-refractivity contribution in [3.8, 4) is 0 Å². The van der Waals surface area contributed by atoms with Crippen molar-refractivity contribution in [1.29, 1.82) is 0 Å². The molecule has 25 heavy (non-hydrogen) atoms. The first kappa shape index (κ1) is 22.2. The Morgan fingerprint density at radius 2 is 1.44 bits per heavy atom. The van der Waals surface area contributed by atoms with Gasteiger partial charge in [-0.15, -0.1) is 0 Å². The highest BCUT2D eigenvalue weighted by Crippen LogP contribution is 2.66. The fraction of sp³-hybridized carbons (Fsp3) is 0.864. The molecule has 0 N–H and O–H groups in total. The topological polar surface area (TPSA) is 29.5 Å². The van der Waals surface area contributed by atoms with E-state index < -0.39 is 0 Å². The van der Waals surface area contributed by atoms with Crippen LogP contribution in [0.1, 0.15) is 82.6 Å². The lowest BCUT2D eigenvalue weighted by molar-refractivity contribution is -0.264. The predicted octanol–water partition coefficient (Wildman–Crippen LogP) is 5.45. The number of nitrogens with zero attached hydrogens (tertiary/aromatic N) is 1. The van der Waals surface area contributed by atoms with Crippen LogP contribution in [-0.4, -0.2) is 35.1 Å². The number of likely N-dealkylation sites (tertiary alicyclic amines) is 1. The van der Waals surface area contributed by atoms with Gasteiger partial charge >= 0.3 is 5.97 Å². The van der Waals surface area contributed by atoms with Crippen LogP contribution in [-0.2, 0) is 9.53 Å². The van der Waals surface area contributed by atoms with Gasteiger partial charge in [0, 0.05) is 28.5 Å². The van der Waals surface area contributed by atoms with Crippen molar-refractivity contribution in [2.45, 2.75) is 99.8 Å². The SMILES string of the molecule is C=C(C)C(=O)OC1CC(C)(C)N(C)C(C)(C)C1(C(C)(C)C)C(C)(C)C. The third kappa shape index (κ3) is 3.18. The summed E-state index contributed by atoms with van der Waals surface area (Å²) in [5.74, 6) is -0.279. The highest BCUT2D eigenvalue weighted by molar-refractivity contribution is 5.87. The Hall–Kier alpha value is -0.830. The number of rotatable bonds is 2. The molecular formula is C22H41NO2. The summed E-state index contributed by atoms with van der Waals surface area (Å²) in [5.41, 5.74) is -0.165. The first-order chi connectivity index (χ1) is 10.8. The van der Waals surface area contributed by atoms with Crippen molar-refractivity contribution in [3.63, 3.8) is 0 Å². The van der Waals surface area contributed by atoms with Crippen molar-refractivity contribution in [2.75, 3.05) is 7.05 Å². The number of carbonyl (C=O) groups excluding carboxylic acids is 1. The predicted molar refractivity (Wildman–Crippen MR) is 107 cm³/mol. The Morgan fingerprint density at radius 1 is 1.04 bits per heavy atom. The molecule has 0 spiro atoms. The van der Waals surface area contributed by atoms with Gasteiger partial charge in [-0.2, -0.15) is 0 Å². The second kappa shape index (κ2) is 6.11. The van der Waals surface area contributed by atoms with Crippen molar-refractivity contribution in [1.82, 2.24) is 4.90 Å². The molecule has 0 saturated carbocycles. The average molecular weight is 352 g/mol. The van der Waals surface area contributed by atoms with Crippen molar-refractivity contribution < 1.29 is 9.53 Å². The summed E-state index contributed by atoms with van der Waals surface area (Å²) in [7, 11) is 2.21. The number of piperidine rings is 1. The first-order valence-corrected chi connectivity index (χ1v) is 9.44. The molecule has 1 aliphatic rings. The largest absolute Gasteiger partial charge is 0.458 e. The van der Waals surface area contributed by atoms with Crippen LogP contribution < -0.4 is 0 Å². The summed E-state index contributed by atoms with van der Waals surface area (Å²) in [6, 6.07) is 0. The van der Waals surface area contributed by atoms with Crippen LogP contribution in [0.15, 0.2) is 12.2 Å². The first-order valence-electron chi connectivity index (χ1n) is 9.44. The van der Waals surface area contributed by atoms with Gasteiger partial charge in [0.15, 0.2) is 0 Å². The molecule has 0 bridgehead atoms. The normalized spacial score (nSPS) is 26.2. The van der Waals surface area contributed by atoms with Gasteiger partial charge in [0.05, 0.1) is 0 Å².